The highest BCUT2D eigenvalue weighted by atomic mass is 16.5. The van der Waals surface area contributed by atoms with Crippen LogP contribution >= 0.6 is 0 Å². The Morgan fingerprint density at radius 2 is 1.81 bits per heavy atom. The van der Waals surface area contributed by atoms with E-state index in [1.807, 2.05) is 54.6 Å². The van der Waals surface area contributed by atoms with E-state index in [0.29, 0.717) is 13.1 Å². The first-order valence-electron chi connectivity index (χ1n) is 6.88. The van der Waals surface area contributed by atoms with E-state index in [0.717, 1.165) is 16.9 Å². The van der Waals surface area contributed by atoms with E-state index < -0.39 is 6.10 Å². The maximum Gasteiger partial charge on any atom is 0.148 e. The summed E-state index contributed by atoms with van der Waals surface area (Å²) in [7, 11) is 0. The van der Waals surface area contributed by atoms with Gasteiger partial charge in [-0.1, -0.05) is 48.4 Å². The van der Waals surface area contributed by atoms with Gasteiger partial charge in [-0.15, -0.1) is 6.42 Å². The normalized spacial score (nSPS) is 11.6. The molecule has 0 saturated carbocycles. The number of nitrogens with one attached hydrogen (secondary N) is 1. The number of ether oxygens (including phenoxy) is 1. The van der Waals surface area contributed by atoms with Crippen LogP contribution in [0.15, 0.2) is 54.6 Å². The molecule has 0 aliphatic rings. The van der Waals surface area contributed by atoms with Gasteiger partial charge in [0.25, 0.3) is 0 Å². The van der Waals surface area contributed by atoms with Crippen LogP contribution < -0.4 is 10.1 Å². The van der Waals surface area contributed by atoms with Crippen molar-refractivity contribution in [3.8, 4) is 18.1 Å². The van der Waals surface area contributed by atoms with Crippen molar-refractivity contribution < 1.29 is 9.84 Å². The summed E-state index contributed by atoms with van der Waals surface area (Å²) in [6.45, 7) is 1.49. The monoisotopic (exact) mass is 281 g/mol. The van der Waals surface area contributed by atoms with Crippen LogP contribution in [0.5, 0.6) is 5.75 Å². The van der Waals surface area contributed by atoms with Gasteiger partial charge >= 0.3 is 0 Å². The minimum atomic E-state index is -0.496. The molecule has 0 heterocycles. The molecule has 0 fully saturated rings. The van der Waals surface area contributed by atoms with Crippen molar-refractivity contribution in [2.45, 2.75) is 12.6 Å². The van der Waals surface area contributed by atoms with E-state index in [4.69, 9.17) is 11.2 Å². The second-order valence-corrected chi connectivity index (χ2v) is 4.69. The average molecular weight is 281 g/mol. The molecule has 2 aromatic carbocycles. The summed E-state index contributed by atoms with van der Waals surface area (Å²) >= 11 is 0. The number of benzene rings is 2. The predicted octanol–water partition coefficient (Wildman–Crippen LogP) is 2.52. The number of rotatable bonds is 7. The molecule has 2 rings (SSSR count). The maximum atomic E-state index is 10.0. The van der Waals surface area contributed by atoms with Gasteiger partial charge in [-0.3, -0.25) is 0 Å². The summed E-state index contributed by atoms with van der Waals surface area (Å²) < 4.78 is 5.31. The first kappa shape index (κ1) is 15.1. The summed E-state index contributed by atoms with van der Waals surface area (Å²) in [5.74, 6) is 3.20. The molecule has 0 amide bonds. The fourth-order valence-corrected chi connectivity index (χ4v) is 1.97. The highest BCUT2D eigenvalue weighted by Crippen LogP contribution is 2.13. The molecule has 3 nitrogen and oxygen atoms in total. The van der Waals surface area contributed by atoms with Crippen LogP contribution in [0.2, 0.25) is 0 Å². The topological polar surface area (TPSA) is 41.5 Å². The molecule has 0 aromatic heterocycles. The van der Waals surface area contributed by atoms with Crippen LogP contribution in [0.1, 0.15) is 17.2 Å². The molecular weight excluding hydrogens is 262 g/mol. The molecule has 0 radical (unpaired) electrons. The smallest absolute Gasteiger partial charge is 0.148 e. The molecular formula is C18H19NO2. The third kappa shape index (κ3) is 4.96. The Kier molecular flexibility index (Phi) is 5.83. The third-order valence-electron chi connectivity index (χ3n) is 3.10. The third-order valence-corrected chi connectivity index (χ3v) is 3.10. The van der Waals surface area contributed by atoms with Crippen LogP contribution in [0.3, 0.4) is 0 Å². The van der Waals surface area contributed by atoms with E-state index in [-0.39, 0.29) is 6.61 Å². The van der Waals surface area contributed by atoms with Gasteiger partial charge in [0, 0.05) is 13.1 Å². The van der Waals surface area contributed by atoms with Crippen molar-refractivity contribution in [3.05, 3.63) is 65.7 Å². The number of terminal acetylenes is 1. The van der Waals surface area contributed by atoms with Gasteiger partial charge in [0.2, 0.25) is 0 Å². The number of hydrogen-bond donors (Lipinski definition) is 2. The first-order chi connectivity index (χ1) is 10.3. The number of aliphatic hydroxyl groups is 1. The van der Waals surface area contributed by atoms with Crippen LogP contribution in [-0.4, -0.2) is 18.3 Å². The zero-order valence-electron chi connectivity index (χ0n) is 11.8. The zero-order valence-corrected chi connectivity index (χ0v) is 11.8. The Labute approximate surface area is 125 Å². The van der Waals surface area contributed by atoms with Gasteiger partial charge in [-0.2, -0.15) is 0 Å². The Balaban J connectivity index is 1.77. The summed E-state index contributed by atoms with van der Waals surface area (Å²) in [4.78, 5) is 0. The summed E-state index contributed by atoms with van der Waals surface area (Å²) in [6.07, 6.45) is 4.64. The maximum absolute atomic E-state index is 10.0. The minimum Gasteiger partial charge on any atom is -0.481 e. The van der Waals surface area contributed by atoms with Crippen molar-refractivity contribution in [1.82, 2.24) is 5.32 Å². The summed E-state index contributed by atoms with van der Waals surface area (Å²) in [5, 5.41) is 13.3. The lowest BCUT2D eigenvalue weighted by Gasteiger charge is -2.12. The van der Waals surface area contributed by atoms with Crippen LogP contribution in [-0.2, 0) is 6.54 Å². The van der Waals surface area contributed by atoms with Crippen molar-refractivity contribution in [1.29, 1.82) is 0 Å². The van der Waals surface area contributed by atoms with Gasteiger partial charge in [0.05, 0.1) is 6.10 Å². The van der Waals surface area contributed by atoms with E-state index in [2.05, 4.69) is 11.2 Å². The van der Waals surface area contributed by atoms with Crippen molar-refractivity contribution in [2.75, 3.05) is 13.2 Å². The lowest BCUT2D eigenvalue weighted by molar-refractivity contribution is 0.174. The summed E-state index contributed by atoms with van der Waals surface area (Å²) in [5.41, 5.74) is 2.05. The van der Waals surface area contributed by atoms with Crippen LogP contribution in [0, 0.1) is 12.3 Å². The highest BCUT2D eigenvalue weighted by molar-refractivity contribution is 5.27. The molecule has 0 bridgehead atoms. The lowest BCUT2D eigenvalue weighted by atomic mass is 10.1. The fraction of sp³-hybridized carbons (Fsp3) is 0.222. The average Bonchev–Trinajstić information content (AvgIpc) is 2.55. The summed E-state index contributed by atoms with van der Waals surface area (Å²) in [6, 6.07) is 17.4. The molecule has 108 valence electrons. The van der Waals surface area contributed by atoms with Crippen molar-refractivity contribution in [3.63, 3.8) is 0 Å². The van der Waals surface area contributed by atoms with Gasteiger partial charge in [-0.05, 0) is 23.3 Å². The molecule has 0 aliphatic heterocycles. The largest absolute Gasteiger partial charge is 0.481 e. The molecule has 1 atom stereocenters. The number of hydrogen-bond acceptors (Lipinski definition) is 3. The van der Waals surface area contributed by atoms with Gasteiger partial charge in [0.1, 0.15) is 12.4 Å². The van der Waals surface area contributed by atoms with E-state index >= 15 is 0 Å². The van der Waals surface area contributed by atoms with Crippen LogP contribution in [0.25, 0.3) is 0 Å². The van der Waals surface area contributed by atoms with Crippen LogP contribution in [0.4, 0.5) is 0 Å². The Hall–Kier alpha value is -2.28. The van der Waals surface area contributed by atoms with Gasteiger partial charge < -0.3 is 15.2 Å². The second kappa shape index (κ2) is 8.11. The second-order valence-electron chi connectivity index (χ2n) is 4.69. The van der Waals surface area contributed by atoms with Crippen molar-refractivity contribution in [2.24, 2.45) is 0 Å². The highest BCUT2D eigenvalue weighted by Gasteiger charge is 2.05. The Morgan fingerprint density at radius 1 is 1.10 bits per heavy atom. The molecule has 21 heavy (non-hydrogen) atoms. The molecule has 0 spiro atoms. The molecule has 0 saturated heterocycles. The molecule has 2 aromatic rings. The zero-order chi connectivity index (χ0) is 14.9. The Bertz CT molecular complexity index is 572. The first-order valence-corrected chi connectivity index (χ1v) is 6.88. The van der Waals surface area contributed by atoms with E-state index in [9.17, 15) is 5.11 Å². The minimum absolute atomic E-state index is 0.279. The van der Waals surface area contributed by atoms with Gasteiger partial charge in [-0.25, -0.2) is 0 Å². The molecule has 3 heteroatoms. The molecule has 0 unspecified atom stereocenters. The van der Waals surface area contributed by atoms with E-state index in [1.54, 1.807) is 0 Å². The molecule has 0 aliphatic carbocycles. The number of aliphatic hydroxyl groups excluding tert-OH is 1. The standard InChI is InChI=1S/C18H19NO2/c1-2-12-21-17-10-8-15(9-11-17)13-19-14-18(20)16-6-4-3-5-7-16/h1,3-11,18-20H,12-14H2/t18-/m1/s1. The SMILES string of the molecule is C#CCOc1ccc(CNC[C@@H](O)c2ccccc2)cc1. The van der Waals surface area contributed by atoms with Gasteiger partial charge in [0.15, 0.2) is 0 Å². The van der Waals surface area contributed by atoms with Crippen molar-refractivity contribution >= 4 is 0 Å². The molecule has 2 N–H and O–H groups in total. The van der Waals surface area contributed by atoms with E-state index in [1.165, 1.54) is 0 Å². The lowest BCUT2D eigenvalue weighted by Crippen LogP contribution is -2.20. The predicted molar refractivity (Wildman–Crippen MR) is 83.9 cm³/mol. The fourth-order valence-electron chi connectivity index (χ4n) is 1.97. The Morgan fingerprint density at radius 3 is 2.48 bits per heavy atom. The quantitative estimate of drug-likeness (QED) is 0.766.